The Labute approximate surface area is 68.3 Å². The van der Waals surface area contributed by atoms with E-state index in [4.69, 9.17) is 0 Å². The van der Waals surface area contributed by atoms with Crippen LogP contribution in [0.5, 0.6) is 0 Å². The highest BCUT2D eigenvalue weighted by Gasteiger charge is 2.20. The second kappa shape index (κ2) is 3.35. The van der Waals surface area contributed by atoms with E-state index in [-0.39, 0.29) is 0 Å². The average molecular weight is 152 g/mol. The van der Waals surface area contributed by atoms with Crippen molar-refractivity contribution in [2.45, 2.75) is 38.3 Å². The summed E-state index contributed by atoms with van der Waals surface area (Å²) in [6.45, 7) is 2.52. The van der Waals surface area contributed by atoms with Crippen LogP contribution in [-0.2, 0) is 0 Å². The number of aliphatic imine (C=N–C) groups is 1. The second-order valence-corrected chi connectivity index (χ2v) is 3.49. The van der Waals surface area contributed by atoms with Gasteiger partial charge in [0.2, 0.25) is 0 Å². The first-order valence-corrected chi connectivity index (χ1v) is 4.72. The Morgan fingerprint density at radius 1 is 1.18 bits per heavy atom. The van der Waals surface area contributed by atoms with Crippen LogP contribution in [0.2, 0.25) is 0 Å². The van der Waals surface area contributed by atoms with Crippen molar-refractivity contribution in [2.75, 3.05) is 13.1 Å². The summed E-state index contributed by atoms with van der Waals surface area (Å²) in [5.41, 5.74) is 0. The molecule has 0 radical (unpaired) electrons. The largest absolute Gasteiger partial charge is 0.282 e. The fourth-order valence-corrected chi connectivity index (χ4v) is 2.00. The molecule has 0 saturated carbocycles. The molecule has 0 spiro atoms. The lowest BCUT2D eigenvalue weighted by molar-refractivity contribution is 0.203. The smallest absolute Gasteiger partial charge is 0.101 e. The molecule has 0 bridgehead atoms. The van der Waals surface area contributed by atoms with E-state index in [1.165, 1.54) is 38.8 Å². The third-order valence-corrected chi connectivity index (χ3v) is 2.65. The van der Waals surface area contributed by atoms with Gasteiger partial charge in [-0.05, 0) is 25.7 Å². The fraction of sp³-hybridized carbons (Fsp3) is 0.889. The molecular weight excluding hydrogens is 136 g/mol. The van der Waals surface area contributed by atoms with Gasteiger partial charge < -0.3 is 0 Å². The van der Waals surface area contributed by atoms with Crippen LogP contribution in [0.3, 0.4) is 0 Å². The zero-order chi connectivity index (χ0) is 7.52. The highest BCUT2D eigenvalue weighted by molar-refractivity contribution is 5.58. The van der Waals surface area contributed by atoms with Gasteiger partial charge in [-0.15, -0.1) is 0 Å². The van der Waals surface area contributed by atoms with Crippen LogP contribution >= 0.6 is 0 Å². The molecule has 0 amide bonds. The molecule has 1 fully saturated rings. The lowest BCUT2D eigenvalue weighted by atomic mass is 10.2. The Morgan fingerprint density at radius 3 is 3.18 bits per heavy atom. The average Bonchev–Trinajstić information content (AvgIpc) is 2.28. The van der Waals surface area contributed by atoms with Crippen molar-refractivity contribution in [3.05, 3.63) is 0 Å². The van der Waals surface area contributed by atoms with E-state index < -0.39 is 0 Å². The van der Waals surface area contributed by atoms with Crippen LogP contribution in [0, 0.1) is 0 Å². The third-order valence-electron chi connectivity index (χ3n) is 2.65. The van der Waals surface area contributed by atoms with Crippen LogP contribution < -0.4 is 0 Å². The van der Waals surface area contributed by atoms with E-state index in [1.807, 2.05) is 0 Å². The number of rotatable bonds is 0. The van der Waals surface area contributed by atoms with E-state index in [9.17, 15) is 0 Å². The standard InChI is InChI=1S/C9H16N2/c1-2-5-9-10-6-4-8-11(9)7-3-1/h6,9H,1-5,7-8H2. The van der Waals surface area contributed by atoms with Crippen molar-refractivity contribution >= 4 is 6.21 Å². The molecule has 0 aliphatic carbocycles. The Balaban J connectivity index is 2.02. The van der Waals surface area contributed by atoms with Gasteiger partial charge in [0.1, 0.15) is 6.17 Å². The SMILES string of the molecule is C1=NC2CCCCCN2CC1. The summed E-state index contributed by atoms with van der Waals surface area (Å²) >= 11 is 0. The van der Waals surface area contributed by atoms with Crippen LogP contribution in [-0.4, -0.2) is 30.4 Å². The lowest BCUT2D eigenvalue weighted by Gasteiger charge is -2.29. The Hall–Kier alpha value is -0.370. The van der Waals surface area contributed by atoms with Gasteiger partial charge in [0.05, 0.1) is 0 Å². The summed E-state index contributed by atoms with van der Waals surface area (Å²) in [6.07, 6.45) is 9.26. The Bertz CT molecular complexity index is 154. The normalized spacial score (nSPS) is 32.9. The minimum absolute atomic E-state index is 0.547. The molecule has 0 aromatic rings. The Kier molecular flexibility index (Phi) is 2.22. The molecule has 1 unspecified atom stereocenters. The van der Waals surface area contributed by atoms with Crippen LogP contribution in [0.1, 0.15) is 32.1 Å². The fourth-order valence-electron chi connectivity index (χ4n) is 2.00. The molecule has 2 aliphatic heterocycles. The number of fused-ring (bicyclic) bond motifs is 1. The molecule has 2 rings (SSSR count). The van der Waals surface area contributed by atoms with E-state index in [0.717, 1.165) is 6.42 Å². The molecule has 2 heteroatoms. The molecule has 2 aliphatic rings. The first-order chi connectivity index (χ1) is 5.47. The van der Waals surface area contributed by atoms with Gasteiger partial charge in [0, 0.05) is 19.3 Å². The van der Waals surface area contributed by atoms with Crippen LogP contribution in [0.15, 0.2) is 4.99 Å². The van der Waals surface area contributed by atoms with E-state index in [2.05, 4.69) is 16.1 Å². The summed E-state index contributed by atoms with van der Waals surface area (Å²) in [5, 5.41) is 0. The molecule has 1 atom stereocenters. The predicted octanol–water partition coefficient (Wildman–Crippen LogP) is 1.66. The number of hydrogen-bond donors (Lipinski definition) is 0. The molecule has 1 saturated heterocycles. The van der Waals surface area contributed by atoms with Gasteiger partial charge in [-0.2, -0.15) is 0 Å². The summed E-state index contributed by atoms with van der Waals surface area (Å²) < 4.78 is 0. The molecule has 2 heterocycles. The molecular formula is C9H16N2. The van der Waals surface area contributed by atoms with E-state index in [0.29, 0.717) is 6.17 Å². The lowest BCUT2D eigenvalue weighted by Crippen LogP contribution is -2.37. The third kappa shape index (κ3) is 1.62. The molecule has 0 aromatic carbocycles. The zero-order valence-electron chi connectivity index (χ0n) is 7.00. The van der Waals surface area contributed by atoms with Gasteiger partial charge in [-0.3, -0.25) is 9.89 Å². The van der Waals surface area contributed by atoms with E-state index >= 15 is 0 Å². The van der Waals surface area contributed by atoms with Crippen molar-refractivity contribution in [3.8, 4) is 0 Å². The molecule has 2 nitrogen and oxygen atoms in total. The summed E-state index contributed by atoms with van der Waals surface area (Å²) in [6, 6.07) is 0. The molecule has 0 N–H and O–H groups in total. The molecule has 62 valence electrons. The maximum absolute atomic E-state index is 4.51. The van der Waals surface area contributed by atoms with Gasteiger partial charge in [-0.25, -0.2) is 0 Å². The highest BCUT2D eigenvalue weighted by Crippen LogP contribution is 2.19. The molecule has 11 heavy (non-hydrogen) atoms. The van der Waals surface area contributed by atoms with Crippen LogP contribution in [0.25, 0.3) is 0 Å². The predicted molar refractivity (Wildman–Crippen MR) is 46.9 cm³/mol. The maximum atomic E-state index is 4.51. The minimum atomic E-state index is 0.547. The second-order valence-electron chi connectivity index (χ2n) is 3.49. The van der Waals surface area contributed by atoms with Crippen molar-refractivity contribution in [1.82, 2.24) is 4.90 Å². The highest BCUT2D eigenvalue weighted by atomic mass is 15.2. The van der Waals surface area contributed by atoms with Crippen molar-refractivity contribution in [1.29, 1.82) is 0 Å². The maximum Gasteiger partial charge on any atom is 0.101 e. The monoisotopic (exact) mass is 152 g/mol. The number of hydrogen-bond acceptors (Lipinski definition) is 2. The summed E-state index contributed by atoms with van der Waals surface area (Å²) in [7, 11) is 0. The number of nitrogens with zero attached hydrogens (tertiary/aromatic N) is 2. The quantitative estimate of drug-likeness (QED) is 0.515. The minimum Gasteiger partial charge on any atom is -0.282 e. The first-order valence-electron chi connectivity index (χ1n) is 4.72. The van der Waals surface area contributed by atoms with Crippen molar-refractivity contribution < 1.29 is 0 Å². The first kappa shape index (κ1) is 7.29. The zero-order valence-corrected chi connectivity index (χ0v) is 7.00. The van der Waals surface area contributed by atoms with E-state index in [1.54, 1.807) is 0 Å². The van der Waals surface area contributed by atoms with Gasteiger partial charge in [-0.1, -0.05) is 6.42 Å². The van der Waals surface area contributed by atoms with Gasteiger partial charge in [0.15, 0.2) is 0 Å². The summed E-state index contributed by atoms with van der Waals surface area (Å²) in [5.74, 6) is 0. The van der Waals surface area contributed by atoms with Crippen LogP contribution in [0.4, 0.5) is 0 Å². The van der Waals surface area contributed by atoms with Crippen molar-refractivity contribution in [2.24, 2.45) is 4.99 Å². The topological polar surface area (TPSA) is 15.6 Å². The van der Waals surface area contributed by atoms with Gasteiger partial charge in [0.25, 0.3) is 0 Å². The molecule has 0 aromatic heterocycles. The Morgan fingerprint density at radius 2 is 2.18 bits per heavy atom. The summed E-state index contributed by atoms with van der Waals surface area (Å²) in [4.78, 5) is 7.05. The van der Waals surface area contributed by atoms with Gasteiger partial charge >= 0.3 is 0 Å². The van der Waals surface area contributed by atoms with Crippen molar-refractivity contribution in [3.63, 3.8) is 0 Å².